The summed E-state index contributed by atoms with van der Waals surface area (Å²) in [6.07, 6.45) is 5.61. The van der Waals surface area contributed by atoms with Crippen LogP contribution in [0, 0.1) is 6.92 Å². The number of aryl methyl sites for hydroxylation is 1. The Morgan fingerprint density at radius 1 is 1.00 bits per heavy atom. The van der Waals surface area contributed by atoms with Gasteiger partial charge in [0.15, 0.2) is 0 Å². The number of amides is 1. The summed E-state index contributed by atoms with van der Waals surface area (Å²) >= 11 is 0. The summed E-state index contributed by atoms with van der Waals surface area (Å²) in [4.78, 5) is 23.3. The van der Waals surface area contributed by atoms with Crippen LogP contribution in [-0.2, 0) is 6.54 Å². The van der Waals surface area contributed by atoms with Gasteiger partial charge in [-0.15, -0.1) is 0 Å². The van der Waals surface area contributed by atoms with Crippen molar-refractivity contribution in [3.8, 4) is 0 Å². The van der Waals surface area contributed by atoms with Gasteiger partial charge in [0, 0.05) is 43.4 Å². The second-order valence-electron chi connectivity index (χ2n) is 7.27. The van der Waals surface area contributed by atoms with Crippen LogP contribution in [0.1, 0.15) is 34.3 Å². The van der Waals surface area contributed by atoms with Gasteiger partial charge in [0.2, 0.25) is 5.95 Å². The van der Waals surface area contributed by atoms with Gasteiger partial charge >= 0.3 is 0 Å². The fourth-order valence-corrected chi connectivity index (χ4v) is 3.46. The molecular weight excluding hydrogens is 362 g/mol. The first-order valence-electron chi connectivity index (χ1n) is 9.96. The monoisotopic (exact) mass is 387 g/mol. The Bertz CT molecular complexity index is 963. The van der Waals surface area contributed by atoms with Crippen LogP contribution in [-0.4, -0.2) is 29.0 Å². The molecular formula is C23H25N5O. The van der Waals surface area contributed by atoms with E-state index < -0.39 is 0 Å². The van der Waals surface area contributed by atoms with Crippen LogP contribution < -0.4 is 15.5 Å². The number of hydrogen-bond acceptors (Lipinski definition) is 5. The Balaban J connectivity index is 1.33. The molecule has 6 nitrogen and oxygen atoms in total. The molecule has 0 aliphatic carbocycles. The number of hydrogen-bond donors (Lipinski definition) is 2. The quantitative estimate of drug-likeness (QED) is 0.667. The van der Waals surface area contributed by atoms with Crippen molar-refractivity contribution < 1.29 is 4.79 Å². The Kier molecular flexibility index (Phi) is 5.70. The van der Waals surface area contributed by atoms with Crippen molar-refractivity contribution in [3.63, 3.8) is 0 Å². The zero-order chi connectivity index (χ0) is 20.1. The predicted octanol–water partition coefficient (Wildman–Crippen LogP) is 4.06. The minimum absolute atomic E-state index is 0.185. The molecule has 0 spiro atoms. The Labute approximate surface area is 171 Å². The summed E-state index contributed by atoms with van der Waals surface area (Å²) in [5, 5.41) is 6.09. The molecule has 1 aromatic heterocycles. The zero-order valence-electron chi connectivity index (χ0n) is 16.6. The highest BCUT2D eigenvalue weighted by Gasteiger charge is 2.12. The van der Waals surface area contributed by atoms with Crippen molar-refractivity contribution in [2.45, 2.75) is 26.3 Å². The molecule has 0 atom stereocenters. The van der Waals surface area contributed by atoms with Crippen molar-refractivity contribution in [2.24, 2.45) is 0 Å². The largest absolute Gasteiger partial charge is 0.372 e. The number of anilines is 3. The van der Waals surface area contributed by atoms with Gasteiger partial charge in [-0.3, -0.25) is 4.79 Å². The summed E-state index contributed by atoms with van der Waals surface area (Å²) < 4.78 is 0. The van der Waals surface area contributed by atoms with Crippen LogP contribution in [0.25, 0.3) is 0 Å². The van der Waals surface area contributed by atoms with E-state index in [4.69, 9.17) is 0 Å². The van der Waals surface area contributed by atoms with Crippen LogP contribution in [0.5, 0.6) is 0 Å². The smallest absolute Gasteiger partial charge is 0.254 e. The highest BCUT2D eigenvalue weighted by Crippen LogP contribution is 2.23. The highest BCUT2D eigenvalue weighted by molar-refractivity contribution is 5.93. The van der Waals surface area contributed by atoms with E-state index in [1.54, 1.807) is 12.4 Å². The first kappa shape index (κ1) is 18.9. The summed E-state index contributed by atoms with van der Waals surface area (Å²) in [6, 6.07) is 16.3. The zero-order valence-corrected chi connectivity index (χ0v) is 16.6. The van der Waals surface area contributed by atoms with Gasteiger partial charge < -0.3 is 15.5 Å². The number of nitrogens with one attached hydrogen (secondary N) is 2. The lowest BCUT2D eigenvalue weighted by Gasteiger charge is -2.17. The van der Waals surface area contributed by atoms with Crippen molar-refractivity contribution in [2.75, 3.05) is 23.3 Å². The number of rotatable bonds is 6. The van der Waals surface area contributed by atoms with Gasteiger partial charge in [0.25, 0.3) is 5.91 Å². The van der Waals surface area contributed by atoms with Crippen LogP contribution in [0.2, 0.25) is 0 Å². The highest BCUT2D eigenvalue weighted by atomic mass is 16.1. The molecule has 0 saturated carbocycles. The fourth-order valence-electron chi connectivity index (χ4n) is 3.46. The third-order valence-corrected chi connectivity index (χ3v) is 5.21. The molecule has 0 radical (unpaired) electrons. The number of aromatic nitrogens is 2. The summed E-state index contributed by atoms with van der Waals surface area (Å²) in [5.74, 6) is 0.282. The molecule has 0 unspecified atom stereocenters. The first-order chi connectivity index (χ1) is 14.2. The minimum atomic E-state index is -0.185. The molecule has 29 heavy (non-hydrogen) atoms. The number of benzene rings is 2. The third kappa shape index (κ3) is 4.71. The molecule has 3 aromatic rings. The van der Waals surface area contributed by atoms with Crippen LogP contribution in [0.15, 0.2) is 60.9 Å². The van der Waals surface area contributed by atoms with Crippen LogP contribution >= 0.6 is 0 Å². The summed E-state index contributed by atoms with van der Waals surface area (Å²) in [5.41, 5.74) is 4.85. The van der Waals surface area contributed by atoms with Crippen molar-refractivity contribution in [1.29, 1.82) is 0 Å². The second kappa shape index (κ2) is 8.73. The van der Waals surface area contributed by atoms with E-state index in [1.807, 2.05) is 43.3 Å². The molecule has 1 saturated heterocycles. The first-order valence-corrected chi connectivity index (χ1v) is 9.96. The average Bonchev–Trinajstić information content (AvgIpc) is 3.29. The third-order valence-electron chi connectivity index (χ3n) is 5.21. The van der Waals surface area contributed by atoms with Crippen molar-refractivity contribution in [1.82, 2.24) is 15.3 Å². The molecule has 6 heteroatoms. The molecule has 148 valence electrons. The average molecular weight is 387 g/mol. The van der Waals surface area contributed by atoms with Gasteiger partial charge in [-0.25, -0.2) is 9.97 Å². The van der Waals surface area contributed by atoms with E-state index in [0.717, 1.165) is 29.9 Å². The normalized spacial score (nSPS) is 13.3. The van der Waals surface area contributed by atoms with E-state index in [0.29, 0.717) is 18.1 Å². The molecule has 2 N–H and O–H groups in total. The molecule has 2 aromatic carbocycles. The SMILES string of the molecule is Cc1ccccc1CNC(=O)c1cnc(Nc2ccc(N3CCCC3)cc2)nc1. The minimum Gasteiger partial charge on any atom is -0.372 e. The molecule has 1 amide bonds. The van der Waals surface area contributed by atoms with Crippen LogP contribution in [0.3, 0.4) is 0 Å². The van der Waals surface area contributed by atoms with E-state index in [2.05, 4.69) is 37.6 Å². The lowest BCUT2D eigenvalue weighted by atomic mass is 10.1. The predicted molar refractivity (Wildman–Crippen MR) is 116 cm³/mol. The second-order valence-corrected chi connectivity index (χ2v) is 7.27. The van der Waals surface area contributed by atoms with E-state index in [1.165, 1.54) is 18.5 Å². The molecule has 4 rings (SSSR count). The maximum atomic E-state index is 12.3. The van der Waals surface area contributed by atoms with E-state index in [9.17, 15) is 4.79 Å². The number of nitrogens with zero attached hydrogens (tertiary/aromatic N) is 3. The maximum absolute atomic E-state index is 12.3. The Morgan fingerprint density at radius 3 is 2.38 bits per heavy atom. The number of carbonyl (C=O) groups excluding carboxylic acids is 1. The van der Waals surface area contributed by atoms with Gasteiger partial charge in [0.05, 0.1) is 5.56 Å². The standard InChI is InChI=1S/C23H25N5O/c1-17-6-2-3-7-18(17)14-24-22(29)19-15-25-23(26-16-19)27-20-8-10-21(11-9-20)28-12-4-5-13-28/h2-3,6-11,15-16H,4-5,12-14H2,1H3,(H,24,29)(H,25,26,27). The van der Waals surface area contributed by atoms with E-state index >= 15 is 0 Å². The summed E-state index contributed by atoms with van der Waals surface area (Å²) in [6.45, 7) is 4.77. The molecule has 0 bridgehead atoms. The lowest BCUT2D eigenvalue weighted by Crippen LogP contribution is -2.23. The lowest BCUT2D eigenvalue weighted by molar-refractivity contribution is 0.0950. The molecule has 1 aliphatic heterocycles. The molecule has 1 fully saturated rings. The van der Waals surface area contributed by atoms with Gasteiger partial charge in [-0.1, -0.05) is 24.3 Å². The molecule has 2 heterocycles. The van der Waals surface area contributed by atoms with E-state index in [-0.39, 0.29) is 5.91 Å². The maximum Gasteiger partial charge on any atom is 0.254 e. The molecule has 1 aliphatic rings. The van der Waals surface area contributed by atoms with Gasteiger partial charge in [-0.2, -0.15) is 0 Å². The Morgan fingerprint density at radius 2 is 1.69 bits per heavy atom. The van der Waals surface area contributed by atoms with Crippen molar-refractivity contribution in [3.05, 3.63) is 77.6 Å². The van der Waals surface area contributed by atoms with Gasteiger partial charge in [-0.05, 0) is 55.2 Å². The number of carbonyl (C=O) groups is 1. The fraction of sp³-hybridized carbons (Fsp3) is 0.261. The topological polar surface area (TPSA) is 70.2 Å². The van der Waals surface area contributed by atoms with Crippen molar-refractivity contribution >= 4 is 23.2 Å². The van der Waals surface area contributed by atoms with Crippen LogP contribution in [0.4, 0.5) is 17.3 Å². The Hall–Kier alpha value is -3.41. The summed E-state index contributed by atoms with van der Waals surface area (Å²) in [7, 11) is 0. The van der Waals surface area contributed by atoms with Gasteiger partial charge in [0.1, 0.15) is 0 Å².